The van der Waals surface area contributed by atoms with E-state index in [-0.39, 0.29) is 0 Å². The van der Waals surface area contributed by atoms with Gasteiger partial charge in [0, 0.05) is 19.1 Å². The van der Waals surface area contributed by atoms with E-state index in [4.69, 9.17) is 5.11 Å². The molecule has 0 aromatic carbocycles. The molecule has 0 spiro atoms. The summed E-state index contributed by atoms with van der Waals surface area (Å²) < 4.78 is 0. The first-order valence-corrected chi connectivity index (χ1v) is 5.99. The number of aliphatic hydroxyl groups is 1. The number of rotatable bonds is 7. The van der Waals surface area contributed by atoms with Crippen LogP contribution in [-0.4, -0.2) is 35.9 Å². The Morgan fingerprint density at radius 3 is 2.93 bits per heavy atom. The molecule has 0 bridgehead atoms. The van der Waals surface area contributed by atoms with E-state index in [9.17, 15) is 0 Å². The molecule has 0 unspecified atom stereocenters. The third-order valence-electron chi connectivity index (χ3n) is 2.93. The Bertz CT molecular complexity index is 141. The fourth-order valence-electron chi connectivity index (χ4n) is 2.01. The first-order valence-electron chi connectivity index (χ1n) is 5.99. The van der Waals surface area contributed by atoms with Gasteiger partial charge in [0.25, 0.3) is 0 Å². The molecule has 1 rings (SSSR count). The number of hydrogen-bond donors (Lipinski definition) is 2. The van der Waals surface area contributed by atoms with E-state index in [1.807, 2.05) is 0 Å². The molecule has 1 aliphatic heterocycles. The number of nitrogens with one attached hydrogen (secondary N) is 1. The lowest BCUT2D eigenvalue weighted by Crippen LogP contribution is -2.43. The molecule has 14 heavy (non-hydrogen) atoms. The van der Waals surface area contributed by atoms with E-state index in [0.717, 1.165) is 19.5 Å². The average molecular weight is 200 g/mol. The third-order valence-corrected chi connectivity index (χ3v) is 2.93. The molecule has 0 aromatic rings. The Hall–Kier alpha value is -0.120. The van der Waals surface area contributed by atoms with Gasteiger partial charge in [-0.05, 0) is 19.3 Å². The van der Waals surface area contributed by atoms with Crippen molar-refractivity contribution >= 4 is 0 Å². The van der Waals surface area contributed by atoms with Gasteiger partial charge in [-0.3, -0.25) is 5.43 Å². The number of nitrogens with zero attached hydrogens (tertiary/aromatic N) is 1. The lowest BCUT2D eigenvalue weighted by molar-refractivity contribution is 0.111. The summed E-state index contributed by atoms with van der Waals surface area (Å²) in [4.78, 5) is 0. The van der Waals surface area contributed by atoms with Crippen LogP contribution in [0.1, 0.15) is 45.4 Å². The van der Waals surface area contributed by atoms with E-state index in [2.05, 4.69) is 17.4 Å². The van der Waals surface area contributed by atoms with Crippen LogP contribution in [0.2, 0.25) is 0 Å². The summed E-state index contributed by atoms with van der Waals surface area (Å²) in [6.07, 6.45) is 7.56. The van der Waals surface area contributed by atoms with E-state index in [1.54, 1.807) is 0 Å². The Morgan fingerprint density at radius 2 is 2.21 bits per heavy atom. The molecule has 0 amide bonds. The molecular weight excluding hydrogens is 176 g/mol. The van der Waals surface area contributed by atoms with Crippen molar-refractivity contribution in [3.63, 3.8) is 0 Å². The minimum Gasteiger partial charge on any atom is -0.395 e. The van der Waals surface area contributed by atoms with Crippen molar-refractivity contribution in [2.45, 2.75) is 51.5 Å². The Morgan fingerprint density at radius 1 is 1.36 bits per heavy atom. The summed E-state index contributed by atoms with van der Waals surface area (Å²) in [6.45, 7) is 4.69. The van der Waals surface area contributed by atoms with Crippen molar-refractivity contribution in [1.82, 2.24) is 10.4 Å². The Labute approximate surface area is 87.5 Å². The summed E-state index contributed by atoms with van der Waals surface area (Å²) in [5.74, 6) is 0. The van der Waals surface area contributed by atoms with Gasteiger partial charge in [0.15, 0.2) is 0 Å². The standard InChI is InChI=1S/C11H24N2O/c1-2-3-4-5-8-12-13-9-6-7-11(13)10-14/h11-12,14H,2-10H2,1H3/t11-/m0/s1. The van der Waals surface area contributed by atoms with E-state index < -0.39 is 0 Å². The SMILES string of the molecule is CCCCCCNN1CCC[C@H]1CO. The van der Waals surface area contributed by atoms with Crippen LogP contribution in [0.5, 0.6) is 0 Å². The molecule has 3 nitrogen and oxygen atoms in total. The van der Waals surface area contributed by atoms with Gasteiger partial charge in [-0.15, -0.1) is 0 Å². The molecule has 0 radical (unpaired) electrons. The second kappa shape index (κ2) is 7.21. The highest BCUT2D eigenvalue weighted by atomic mass is 16.3. The summed E-state index contributed by atoms with van der Waals surface area (Å²) >= 11 is 0. The maximum Gasteiger partial charge on any atom is 0.0600 e. The number of hydrazine groups is 1. The zero-order chi connectivity index (χ0) is 10.2. The van der Waals surface area contributed by atoms with Gasteiger partial charge in [-0.25, -0.2) is 5.01 Å². The lowest BCUT2D eigenvalue weighted by atomic mass is 10.2. The number of aliphatic hydroxyl groups excluding tert-OH is 1. The Balaban J connectivity index is 2.00. The molecule has 1 atom stereocenters. The number of unbranched alkanes of at least 4 members (excludes halogenated alkanes) is 3. The smallest absolute Gasteiger partial charge is 0.0600 e. The average Bonchev–Trinajstić information content (AvgIpc) is 2.65. The molecule has 0 aliphatic carbocycles. The van der Waals surface area contributed by atoms with Crippen molar-refractivity contribution in [3.05, 3.63) is 0 Å². The van der Waals surface area contributed by atoms with E-state index in [0.29, 0.717) is 12.6 Å². The quantitative estimate of drug-likeness (QED) is 0.612. The summed E-state index contributed by atoms with van der Waals surface area (Å²) in [6, 6.07) is 0.362. The molecule has 84 valence electrons. The van der Waals surface area contributed by atoms with Gasteiger partial charge in [0.05, 0.1) is 6.61 Å². The van der Waals surface area contributed by atoms with Gasteiger partial charge in [0.1, 0.15) is 0 Å². The van der Waals surface area contributed by atoms with Gasteiger partial charge in [0.2, 0.25) is 0 Å². The van der Waals surface area contributed by atoms with E-state index >= 15 is 0 Å². The molecule has 1 fully saturated rings. The van der Waals surface area contributed by atoms with Crippen LogP contribution in [0.3, 0.4) is 0 Å². The summed E-state index contributed by atoms with van der Waals surface area (Å²) in [5.41, 5.74) is 3.41. The zero-order valence-corrected chi connectivity index (χ0v) is 9.34. The first-order chi connectivity index (χ1) is 6.88. The van der Waals surface area contributed by atoms with Crippen LogP contribution in [0, 0.1) is 0 Å². The highest BCUT2D eigenvalue weighted by molar-refractivity contribution is 4.75. The van der Waals surface area contributed by atoms with Crippen LogP contribution < -0.4 is 5.43 Å². The fourth-order valence-corrected chi connectivity index (χ4v) is 2.01. The molecule has 2 N–H and O–H groups in total. The van der Waals surface area contributed by atoms with Gasteiger partial charge in [-0.2, -0.15) is 0 Å². The van der Waals surface area contributed by atoms with Gasteiger partial charge < -0.3 is 5.11 Å². The Kier molecular flexibility index (Phi) is 6.15. The van der Waals surface area contributed by atoms with Crippen LogP contribution in [-0.2, 0) is 0 Å². The monoisotopic (exact) mass is 200 g/mol. The molecule has 0 saturated carbocycles. The van der Waals surface area contributed by atoms with Gasteiger partial charge >= 0.3 is 0 Å². The fraction of sp³-hybridized carbons (Fsp3) is 1.00. The number of hydrogen-bond acceptors (Lipinski definition) is 3. The minimum absolute atomic E-state index is 0.294. The lowest BCUT2D eigenvalue weighted by Gasteiger charge is -2.23. The van der Waals surface area contributed by atoms with Crippen molar-refractivity contribution in [1.29, 1.82) is 0 Å². The second-order valence-corrected chi connectivity index (χ2v) is 4.14. The highest BCUT2D eigenvalue weighted by Crippen LogP contribution is 2.13. The highest BCUT2D eigenvalue weighted by Gasteiger charge is 2.22. The first kappa shape index (κ1) is 12.0. The molecular formula is C11H24N2O. The predicted octanol–water partition coefficient (Wildman–Crippen LogP) is 1.53. The van der Waals surface area contributed by atoms with Crippen molar-refractivity contribution in [2.75, 3.05) is 19.7 Å². The molecule has 0 aromatic heterocycles. The van der Waals surface area contributed by atoms with Crippen molar-refractivity contribution in [3.8, 4) is 0 Å². The predicted molar refractivity (Wildman–Crippen MR) is 59.0 cm³/mol. The third kappa shape index (κ3) is 3.95. The van der Waals surface area contributed by atoms with Crippen LogP contribution in [0.4, 0.5) is 0 Å². The largest absolute Gasteiger partial charge is 0.395 e. The molecule has 1 saturated heterocycles. The van der Waals surface area contributed by atoms with Crippen LogP contribution in [0.15, 0.2) is 0 Å². The maximum atomic E-state index is 9.10. The molecule has 3 heteroatoms. The normalized spacial score (nSPS) is 23.1. The molecule has 1 heterocycles. The summed E-state index contributed by atoms with van der Waals surface area (Å²) in [7, 11) is 0. The second-order valence-electron chi connectivity index (χ2n) is 4.14. The van der Waals surface area contributed by atoms with Crippen LogP contribution in [0.25, 0.3) is 0 Å². The van der Waals surface area contributed by atoms with Gasteiger partial charge in [-0.1, -0.05) is 26.2 Å². The minimum atomic E-state index is 0.294. The van der Waals surface area contributed by atoms with Crippen molar-refractivity contribution < 1.29 is 5.11 Å². The maximum absolute atomic E-state index is 9.10. The topological polar surface area (TPSA) is 35.5 Å². The van der Waals surface area contributed by atoms with E-state index in [1.165, 1.54) is 32.1 Å². The molecule has 1 aliphatic rings. The van der Waals surface area contributed by atoms with Crippen molar-refractivity contribution in [2.24, 2.45) is 0 Å². The zero-order valence-electron chi connectivity index (χ0n) is 9.34. The van der Waals surface area contributed by atoms with Crippen LogP contribution >= 0.6 is 0 Å². The summed E-state index contributed by atoms with van der Waals surface area (Å²) in [5, 5.41) is 11.3.